The Bertz CT molecular complexity index is 121. The average Bonchev–Trinajstić information content (AvgIpc) is 1.98. The number of aliphatic hydroxyl groups is 1. The van der Waals surface area contributed by atoms with Crippen LogP contribution < -0.4 is 11.1 Å². The van der Waals surface area contributed by atoms with E-state index < -0.39 is 6.10 Å². The zero-order valence-electron chi connectivity index (χ0n) is 6.79. The molecule has 4 nitrogen and oxygen atoms in total. The third kappa shape index (κ3) is 2.41. The molecule has 0 aliphatic carbocycles. The van der Waals surface area contributed by atoms with Gasteiger partial charge in [-0.15, -0.1) is 0 Å². The van der Waals surface area contributed by atoms with Crippen molar-refractivity contribution in [2.75, 3.05) is 20.2 Å². The fourth-order valence-electron chi connectivity index (χ4n) is 1.24. The molecule has 3 atom stereocenters. The maximum Gasteiger partial charge on any atom is 0.0738 e. The topological polar surface area (TPSA) is 67.5 Å². The van der Waals surface area contributed by atoms with E-state index in [4.69, 9.17) is 10.5 Å². The van der Waals surface area contributed by atoms with Crippen molar-refractivity contribution in [3.05, 3.63) is 0 Å². The summed E-state index contributed by atoms with van der Waals surface area (Å²) in [7, 11) is 1.87. The fourth-order valence-corrected chi connectivity index (χ4v) is 1.24. The van der Waals surface area contributed by atoms with Crippen LogP contribution in [0.15, 0.2) is 0 Å². The van der Waals surface area contributed by atoms with E-state index in [9.17, 15) is 5.11 Å². The zero-order valence-corrected chi connectivity index (χ0v) is 6.79. The third-order valence-electron chi connectivity index (χ3n) is 1.95. The molecule has 1 aliphatic heterocycles. The maximum atomic E-state index is 9.34. The van der Waals surface area contributed by atoms with Crippen LogP contribution in [0, 0.1) is 0 Å². The molecule has 0 spiro atoms. The van der Waals surface area contributed by atoms with Gasteiger partial charge < -0.3 is 20.9 Å². The second-order valence-electron chi connectivity index (χ2n) is 2.98. The second kappa shape index (κ2) is 4.01. The summed E-state index contributed by atoms with van der Waals surface area (Å²) >= 11 is 0. The van der Waals surface area contributed by atoms with E-state index in [0.717, 1.165) is 6.54 Å². The van der Waals surface area contributed by atoms with Crippen LogP contribution in [0.25, 0.3) is 0 Å². The SMILES string of the molecule is CNC[C@H]1CC(O)[C@@H](N)CO1. The molecule has 0 aromatic heterocycles. The van der Waals surface area contributed by atoms with Crippen molar-refractivity contribution in [2.24, 2.45) is 5.73 Å². The molecule has 1 rings (SSSR count). The van der Waals surface area contributed by atoms with Gasteiger partial charge in [0.1, 0.15) is 0 Å². The van der Waals surface area contributed by atoms with Crippen molar-refractivity contribution in [3.8, 4) is 0 Å². The molecule has 0 aromatic carbocycles. The third-order valence-corrected chi connectivity index (χ3v) is 1.95. The Morgan fingerprint density at radius 3 is 3.00 bits per heavy atom. The summed E-state index contributed by atoms with van der Waals surface area (Å²) in [5.74, 6) is 0. The van der Waals surface area contributed by atoms with Crippen LogP contribution in [0.4, 0.5) is 0 Å². The molecule has 1 heterocycles. The molecule has 1 fully saturated rings. The molecule has 1 aliphatic rings. The van der Waals surface area contributed by atoms with Crippen molar-refractivity contribution in [2.45, 2.75) is 24.7 Å². The molecule has 4 N–H and O–H groups in total. The van der Waals surface area contributed by atoms with E-state index in [1.165, 1.54) is 0 Å². The van der Waals surface area contributed by atoms with Gasteiger partial charge in [0, 0.05) is 13.0 Å². The van der Waals surface area contributed by atoms with Gasteiger partial charge in [0.15, 0.2) is 0 Å². The van der Waals surface area contributed by atoms with Gasteiger partial charge in [-0.1, -0.05) is 0 Å². The number of hydrogen-bond acceptors (Lipinski definition) is 4. The lowest BCUT2D eigenvalue weighted by molar-refractivity contribution is -0.0544. The first-order valence-electron chi connectivity index (χ1n) is 3.94. The van der Waals surface area contributed by atoms with Gasteiger partial charge in [0.05, 0.1) is 24.9 Å². The lowest BCUT2D eigenvalue weighted by atomic mass is 10.0. The van der Waals surface area contributed by atoms with Gasteiger partial charge in [0.25, 0.3) is 0 Å². The Morgan fingerprint density at radius 1 is 1.73 bits per heavy atom. The molecule has 0 amide bonds. The van der Waals surface area contributed by atoms with Gasteiger partial charge in [-0.2, -0.15) is 0 Å². The van der Waals surface area contributed by atoms with Gasteiger partial charge in [-0.05, 0) is 7.05 Å². The first kappa shape index (κ1) is 8.93. The van der Waals surface area contributed by atoms with Crippen LogP contribution in [0.3, 0.4) is 0 Å². The Hall–Kier alpha value is -0.160. The number of likely N-dealkylation sites (N-methyl/N-ethyl adjacent to an activating group) is 1. The van der Waals surface area contributed by atoms with Gasteiger partial charge in [0.2, 0.25) is 0 Å². The Morgan fingerprint density at radius 2 is 2.45 bits per heavy atom. The van der Waals surface area contributed by atoms with E-state index >= 15 is 0 Å². The van der Waals surface area contributed by atoms with Crippen molar-refractivity contribution < 1.29 is 9.84 Å². The van der Waals surface area contributed by atoms with Crippen LogP contribution in [0.2, 0.25) is 0 Å². The lowest BCUT2D eigenvalue weighted by Gasteiger charge is -2.30. The summed E-state index contributed by atoms with van der Waals surface area (Å²) in [6.45, 7) is 1.25. The zero-order chi connectivity index (χ0) is 8.27. The van der Waals surface area contributed by atoms with Crippen LogP contribution in [0.5, 0.6) is 0 Å². The standard InChI is InChI=1S/C7H16N2O2/c1-9-3-5-2-7(10)6(8)4-11-5/h5-7,9-10H,2-4,8H2,1H3/t5-,6+,7?/m1/s1. The minimum Gasteiger partial charge on any atom is -0.391 e. The molecular formula is C7H16N2O2. The molecule has 66 valence electrons. The van der Waals surface area contributed by atoms with Crippen molar-refractivity contribution in [1.29, 1.82) is 0 Å². The largest absolute Gasteiger partial charge is 0.391 e. The van der Waals surface area contributed by atoms with Crippen LogP contribution in [-0.2, 0) is 4.74 Å². The average molecular weight is 160 g/mol. The second-order valence-corrected chi connectivity index (χ2v) is 2.98. The quantitative estimate of drug-likeness (QED) is 0.469. The minimum absolute atomic E-state index is 0.120. The highest BCUT2D eigenvalue weighted by molar-refractivity contribution is 4.81. The molecule has 11 heavy (non-hydrogen) atoms. The molecule has 0 bridgehead atoms. The summed E-state index contributed by atoms with van der Waals surface area (Å²) in [5, 5.41) is 12.3. The van der Waals surface area contributed by atoms with E-state index in [1.807, 2.05) is 7.05 Å². The summed E-state index contributed by atoms with van der Waals surface area (Å²) < 4.78 is 5.35. The van der Waals surface area contributed by atoms with Gasteiger partial charge in [-0.3, -0.25) is 0 Å². The van der Waals surface area contributed by atoms with Crippen molar-refractivity contribution in [3.63, 3.8) is 0 Å². The number of nitrogens with two attached hydrogens (primary N) is 1. The van der Waals surface area contributed by atoms with Gasteiger partial charge >= 0.3 is 0 Å². The monoisotopic (exact) mass is 160 g/mol. The molecule has 0 radical (unpaired) electrons. The lowest BCUT2D eigenvalue weighted by Crippen LogP contribution is -2.48. The summed E-state index contributed by atoms with van der Waals surface area (Å²) in [6, 6.07) is -0.205. The maximum absolute atomic E-state index is 9.34. The molecule has 0 aromatic rings. The predicted octanol–water partition coefficient (Wildman–Crippen LogP) is -1.32. The minimum atomic E-state index is -0.401. The number of rotatable bonds is 2. The van der Waals surface area contributed by atoms with Crippen LogP contribution >= 0.6 is 0 Å². The summed E-state index contributed by atoms with van der Waals surface area (Å²) in [6.07, 6.45) is 0.360. The Labute approximate surface area is 66.7 Å². The summed E-state index contributed by atoms with van der Waals surface area (Å²) in [5.41, 5.74) is 5.54. The molecule has 1 unspecified atom stereocenters. The van der Waals surface area contributed by atoms with Crippen LogP contribution in [-0.4, -0.2) is 43.6 Å². The molecule has 0 saturated carbocycles. The summed E-state index contributed by atoms with van der Waals surface area (Å²) in [4.78, 5) is 0. The first-order chi connectivity index (χ1) is 5.24. The van der Waals surface area contributed by atoms with Crippen molar-refractivity contribution >= 4 is 0 Å². The number of nitrogens with one attached hydrogen (secondary N) is 1. The van der Waals surface area contributed by atoms with E-state index in [2.05, 4.69) is 5.32 Å². The van der Waals surface area contributed by atoms with Crippen LogP contribution in [0.1, 0.15) is 6.42 Å². The highest BCUT2D eigenvalue weighted by Crippen LogP contribution is 2.11. The molecular weight excluding hydrogens is 144 g/mol. The normalized spacial score (nSPS) is 39.0. The van der Waals surface area contributed by atoms with Gasteiger partial charge in [-0.25, -0.2) is 0 Å². The predicted molar refractivity (Wildman–Crippen MR) is 42.3 cm³/mol. The smallest absolute Gasteiger partial charge is 0.0738 e. The highest BCUT2D eigenvalue weighted by Gasteiger charge is 2.26. The Balaban J connectivity index is 2.28. The number of hydrogen-bond donors (Lipinski definition) is 3. The Kier molecular flexibility index (Phi) is 3.26. The van der Waals surface area contributed by atoms with E-state index in [1.54, 1.807) is 0 Å². The fraction of sp³-hybridized carbons (Fsp3) is 1.00. The first-order valence-corrected chi connectivity index (χ1v) is 3.94. The number of ether oxygens (including phenoxy) is 1. The van der Waals surface area contributed by atoms with E-state index in [-0.39, 0.29) is 12.1 Å². The van der Waals surface area contributed by atoms with Crippen molar-refractivity contribution in [1.82, 2.24) is 5.32 Å². The molecule has 1 saturated heterocycles. The van der Waals surface area contributed by atoms with E-state index in [0.29, 0.717) is 13.0 Å². The molecule has 4 heteroatoms. The highest BCUT2D eigenvalue weighted by atomic mass is 16.5. The number of aliphatic hydroxyl groups excluding tert-OH is 1.